The van der Waals surface area contributed by atoms with Crippen LogP contribution in [0.2, 0.25) is 0 Å². The Kier molecular flexibility index (Phi) is 4.60. The Hall–Kier alpha value is -2.29. The van der Waals surface area contributed by atoms with Crippen molar-refractivity contribution >= 4 is 11.6 Å². The highest BCUT2D eigenvalue weighted by Gasteiger charge is 1.94. The predicted octanol–water partition coefficient (Wildman–Crippen LogP) is 2.67. The Labute approximate surface area is 95.7 Å². The van der Waals surface area contributed by atoms with Gasteiger partial charge >= 0.3 is 0 Å². The molecule has 1 aromatic carbocycles. The van der Waals surface area contributed by atoms with E-state index in [4.69, 9.17) is 5.73 Å². The summed E-state index contributed by atoms with van der Waals surface area (Å²) in [5.41, 5.74) is 7.29. The van der Waals surface area contributed by atoms with Gasteiger partial charge in [0.05, 0.1) is 5.70 Å². The average molecular weight is 213 g/mol. The van der Waals surface area contributed by atoms with Gasteiger partial charge in [-0.25, -0.2) is 4.99 Å². The van der Waals surface area contributed by atoms with Crippen molar-refractivity contribution in [2.75, 3.05) is 5.32 Å². The summed E-state index contributed by atoms with van der Waals surface area (Å²) in [5, 5.41) is 2.97. The van der Waals surface area contributed by atoms with Crippen molar-refractivity contribution in [3.05, 3.63) is 67.4 Å². The highest BCUT2D eigenvalue weighted by molar-refractivity contribution is 5.93. The van der Waals surface area contributed by atoms with Crippen LogP contribution in [0.5, 0.6) is 0 Å². The number of benzene rings is 1. The summed E-state index contributed by atoms with van der Waals surface area (Å²) in [6.45, 7) is 7.22. The van der Waals surface area contributed by atoms with E-state index in [1.54, 1.807) is 18.2 Å². The quantitative estimate of drug-likeness (QED) is 0.459. The van der Waals surface area contributed by atoms with Gasteiger partial charge < -0.3 is 11.1 Å². The van der Waals surface area contributed by atoms with Gasteiger partial charge in [-0.1, -0.05) is 37.4 Å². The van der Waals surface area contributed by atoms with Gasteiger partial charge in [0, 0.05) is 5.69 Å². The zero-order chi connectivity index (χ0) is 11.8. The van der Waals surface area contributed by atoms with Gasteiger partial charge in [-0.15, -0.1) is 0 Å². The molecule has 0 amide bonds. The summed E-state index contributed by atoms with van der Waals surface area (Å²) in [6.07, 6.45) is 4.98. The Bertz CT molecular complexity index is 416. The Morgan fingerprint density at radius 3 is 2.50 bits per heavy atom. The summed E-state index contributed by atoms with van der Waals surface area (Å²) in [6, 6.07) is 9.60. The van der Waals surface area contributed by atoms with Gasteiger partial charge in [-0.2, -0.15) is 0 Å². The lowest BCUT2D eigenvalue weighted by molar-refractivity contribution is 1.36. The minimum absolute atomic E-state index is 0.319. The van der Waals surface area contributed by atoms with Crippen molar-refractivity contribution < 1.29 is 0 Å². The van der Waals surface area contributed by atoms with Crippen LogP contribution < -0.4 is 11.1 Å². The van der Waals surface area contributed by atoms with Gasteiger partial charge in [-0.05, 0) is 24.3 Å². The van der Waals surface area contributed by atoms with Crippen LogP contribution in [0.25, 0.3) is 0 Å². The maximum absolute atomic E-state index is 5.73. The Balaban J connectivity index is 2.75. The second-order valence-electron chi connectivity index (χ2n) is 3.02. The number of guanidine groups is 1. The Morgan fingerprint density at radius 2 is 1.94 bits per heavy atom. The number of rotatable bonds is 4. The highest BCUT2D eigenvalue weighted by atomic mass is 15.1. The molecule has 0 aliphatic carbocycles. The molecule has 0 aliphatic rings. The lowest BCUT2D eigenvalue weighted by atomic mass is 10.3. The number of para-hydroxylation sites is 1. The van der Waals surface area contributed by atoms with Crippen molar-refractivity contribution in [3.63, 3.8) is 0 Å². The van der Waals surface area contributed by atoms with Crippen molar-refractivity contribution in [1.82, 2.24) is 0 Å². The molecule has 0 fully saturated rings. The topological polar surface area (TPSA) is 50.4 Å². The van der Waals surface area contributed by atoms with E-state index in [1.807, 2.05) is 30.3 Å². The first kappa shape index (κ1) is 11.8. The molecule has 0 saturated heterocycles. The molecule has 82 valence electrons. The van der Waals surface area contributed by atoms with Crippen molar-refractivity contribution in [3.8, 4) is 0 Å². The summed E-state index contributed by atoms with van der Waals surface area (Å²) < 4.78 is 0. The maximum atomic E-state index is 5.73. The molecule has 3 nitrogen and oxygen atoms in total. The minimum atomic E-state index is 0.319. The van der Waals surface area contributed by atoms with E-state index < -0.39 is 0 Å². The molecule has 0 heterocycles. The molecule has 0 atom stereocenters. The third kappa shape index (κ3) is 3.84. The maximum Gasteiger partial charge on any atom is 0.198 e. The van der Waals surface area contributed by atoms with E-state index in [-0.39, 0.29) is 0 Å². The van der Waals surface area contributed by atoms with Crippen LogP contribution in [0, 0.1) is 0 Å². The zero-order valence-electron chi connectivity index (χ0n) is 9.06. The molecular weight excluding hydrogens is 198 g/mol. The summed E-state index contributed by atoms with van der Waals surface area (Å²) in [4.78, 5) is 4.14. The molecular formula is C13H15N3. The number of allylic oxidation sites excluding steroid dienone is 3. The number of hydrogen-bond donors (Lipinski definition) is 2. The number of aliphatic imine (C=N–C) groups is 1. The SMILES string of the molecule is C=C/C=C(\C=C)N=C(N)Nc1ccccc1. The standard InChI is InChI=1S/C13H15N3/c1-3-8-11(4-2)15-13(14)16-12-9-6-5-7-10-12/h3-10H,1-2H2,(H3,14,15,16)/b11-8+. The number of nitrogens with zero attached hydrogens (tertiary/aromatic N) is 1. The fourth-order valence-corrected chi connectivity index (χ4v) is 1.11. The first-order valence-corrected chi connectivity index (χ1v) is 4.87. The first-order valence-electron chi connectivity index (χ1n) is 4.87. The molecule has 0 aliphatic heterocycles. The molecule has 0 unspecified atom stereocenters. The molecule has 0 spiro atoms. The van der Waals surface area contributed by atoms with Crippen LogP contribution in [0.3, 0.4) is 0 Å². The molecule has 3 heteroatoms. The number of nitrogens with one attached hydrogen (secondary N) is 1. The van der Waals surface area contributed by atoms with E-state index in [0.29, 0.717) is 11.7 Å². The second kappa shape index (κ2) is 6.24. The number of hydrogen-bond acceptors (Lipinski definition) is 1. The molecule has 1 aromatic rings. The molecule has 0 radical (unpaired) electrons. The molecule has 16 heavy (non-hydrogen) atoms. The van der Waals surface area contributed by atoms with Crippen molar-refractivity contribution in [2.24, 2.45) is 10.7 Å². The number of anilines is 1. The smallest absolute Gasteiger partial charge is 0.198 e. The van der Waals surface area contributed by atoms with Gasteiger partial charge in [0.2, 0.25) is 0 Å². The van der Waals surface area contributed by atoms with E-state index in [0.717, 1.165) is 5.69 Å². The van der Waals surface area contributed by atoms with Crippen LogP contribution >= 0.6 is 0 Å². The fraction of sp³-hybridized carbons (Fsp3) is 0. The average Bonchev–Trinajstić information content (AvgIpc) is 2.29. The van der Waals surface area contributed by atoms with Crippen LogP contribution in [0.4, 0.5) is 5.69 Å². The van der Waals surface area contributed by atoms with Crippen molar-refractivity contribution in [1.29, 1.82) is 0 Å². The lowest BCUT2D eigenvalue weighted by Gasteiger charge is -2.04. The normalized spacial score (nSPS) is 12.0. The summed E-state index contributed by atoms with van der Waals surface area (Å²) in [7, 11) is 0. The molecule has 0 saturated carbocycles. The van der Waals surface area contributed by atoms with E-state index in [9.17, 15) is 0 Å². The second-order valence-corrected chi connectivity index (χ2v) is 3.02. The van der Waals surface area contributed by atoms with Gasteiger partial charge in [0.15, 0.2) is 5.96 Å². The van der Waals surface area contributed by atoms with Crippen LogP contribution in [-0.2, 0) is 0 Å². The third-order valence-corrected chi connectivity index (χ3v) is 1.79. The highest BCUT2D eigenvalue weighted by Crippen LogP contribution is 2.05. The van der Waals surface area contributed by atoms with Crippen LogP contribution in [-0.4, -0.2) is 5.96 Å². The zero-order valence-corrected chi connectivity index (χ0v) is 9.06. The molecule has 0 bridgehead atoms. The van der Waals surface area contributed by atoms with Gasteiger partial charge in [-0.3, -0.25) is 0 Å². The summed E-state index contributed by atoms with van der Waals surface area (Å²) >= 11 is 0. The number of nitrogens with two attached hydrogens (primary N) is 1. The minimum Gasteiger partial charge on any atom is -0.369 e. The van der Waals surface area contributed by atoms with Gasteiger partial charge in [0.25, 0.3) is 0 Å². The van der Waals surface area contributed by atoms with Gasteiger partial charge in [0.1, 0.15) is 0 Å². The molecule has 1 rings (SSSR count). The predicted molar refractivity (Wildman–Crippen MR) is 70.2 cm³/mol. The fourth-order valence-electron chi connectivity index (χ4n) is 1.11. The molecule has 3 N–H and O–H groups in total. The first-order chi connectivity index (χ1) is 7.76. The Morgan fingerprint density at radius 1 is 1.25 bits per heavy atom. The van der Waals surface area contributed by atoms with Crippen molar-refractivity contribution in [2.45, 2.75) is 0 Å². The van der Waals surface area contributed by atoms with E-state index in [2.05, 4.69) is 23.5 Å². The third-order valence-electron chi connectivity index (χ3n) is 1.79. The van der Waals surface area contributed by atoms with E-state index >= 15 is 0 Å². The monoisotopic (exact) mass is 213 g/mol. The van der Waals surface area contributed by atoms with E-state index in [1.165, 1.54) is 0 Å². The van der Waals surface area contributed by atoms with Crippen LogP contribution in [0.1, 0.15) is 0 Å². The largest absolute Gasteiger partial charge is 0.369 e. The lowest BCUT2D eigenvalue weighted by Crippen LogP contribution is -2.22. The summed E-state index contributed by atoms with van der Waals surface area (Å²) in [5.74, 6) is 0.319. The molecule has 0 aromatic heterocycles. The van der Waals surface area contributed by atoms with Crippen LogP contribution in [0.15, 0.2) is 72.4 Å².